The molecular weight excluding hydrogens is 292 g/mol. The maximum atomic E-state index is 12.1. The second-order valence-corrected chi connectivity index (χ2v) is 5.16. The highest BCUT2D eigenvalue weighted by molar-refractivity contribution is 5.95. The van der Waals surface area contributed by atoms with Crippen LogP contribution in [0.15, 0.2) is 18.2 Å². The summed E-state index contributed by atoms with van der Waals surface area (Å²) in [5.74, 6) is -1.69. The van der Waals surface area contributed by atoms with Gasteiger partial charge in [-0.15, -0.1) is 0 Å². The van der Waals surface area contributed by atoms with E-state index in [4.69, 9.17) is 9.84 Å². The van der Waals surface area contributed by atoms with Gasteiger partial charge in [-0.25, -0.2) is 0 Å². The fourth-order valence-corrected chi connectivity index (χ4v) is 2.58. The van der Waals surface area contributed by atoms with Gasteiger partial charge in [0.05, 0.1) is 18.0 Å². The number of amides is 1. The molecule has 1 aromatic rings. The van der Waals surface area contributed by atoms with Gasteiger partial charge in [-0.3, -0.25) is 19.7 Å². The number of nitro benzene ring substituents is 1. The second kappa shape index (κ2) is 6.42. The minimum atomic E-state index is -0.864. The van der Waals surface area contributed by atoms with Crippen LogP contribution in [0.2, 0.25) is 0 Å². The number of carboxylic acids is 1. The summed E-state index contributed by atoms with van der Waals surface area (Å²) in [6.07, 6.45) is 1.48. The molecule has 8 heteroatoms. The van der Waals surface area contributed by atoms with E-state index >= 15 is 0 Å². The minimum Gasteiger partial charge on any atom is -0.490 e. The van der Waals surface area contributed by atoms with Crippen molar-refractivity contribution in [1.82, 2.24) is 5.32 Å². The summed E-state index contributed by atoms with van der Waals surface area (Å²) in [5, 5.41) is 22.6. The average Bonchev–Trinajstić information content (AvgIpc) is 2.95. The number of ether oxygens (including phenoxy) is 1. The molecular formula is C14H16N2O6. The van der Waals surface area contributed by atoms with Gasteiger partial charge in [-0.05, 0) is 31.4 Å². The van der Waals surface area contributed by atoms with Crippen LogP contribution in [0.5, 0.6) is 5.75 Å². The molecule has 1 aliphatic carbocycles. The van der Waals surface area contributed by atoms with Crippen LogP contribution in [0.25, 0.3) is 0 Å². The number of nitro groups is 1. The number of hydrogen-bond acceptors (Lipinski definition) is 5. The van der Waals surface area contributed by atoms with Gasteiger partial charge in [0.1, 0.15) is 0 Å². The number of nitrogens with zero attached hydrogens (tertiary/aromatic N) is 1. The third-order valence-electron chi connectivity index (χ3n) is 3.75. The standard InChI is InChI=1S/C14H16N2O6/c1-22-12-5-3-8(7-11(12)16(20)21)13(17)15-10-4-2-9(6-10)14(18)19/h3,5,7,9-10H,2,4,6H2,1H3,(H,15,17)(H,18,19)/t9-,10+/m0/s1. The van der Waals surface area contributed by atoms with Crippen LogP contribution in [-0.2, 0) is 4.79 Å². The highest BCUT2D eigenvalue weighted by atomic mass is 16.6. The SMILES string of the molecule is COc1ccc(C(=O)N[C@@H]2CC[C@H](C(=O)O)C2)cc1[N+](=O)[O-]. The van der Waals surface area contributed by atoms with Crippen molar-refractivity contribution in [3.8, 4) is 5.75 Å². The van der Waals surface area contributed by atoms with Crippen molar-refractivity contribution in [3.05, 3.63) is 33.9 Å². The zero-order valence-electron chi connectivity index (χ0n) is 11.9. The molecule has 2 rings (SSSR count). The first kappa shape index (κ1) is 15.7. The number of carboxylic acid groups (broad SMARTS) is 1. The third kappa shape index (κ3) is 3.33. The predicted molar refractivity (Wildman–Crippen MR) is 75.9 cm³/mol. The first-order chi connectivity index (χ1) is 10.4. The van der Waals surface area contributed by atoms with E-state index in [0.29, 0.717) is 19.3 Å². The number of carbonyl (C=O) groups is 2. The van der Waals surface area contributed by atoms with Crippen molar-refractivity contribution in [2.24, 2.45) is 5.92 Å². The van der Waals surface area contributed by atoms with Gasteiger partial charge in [0.25, 0.3) is 5.91 Å². The van der Waals surface area contributed by atoms with Crippen molar-refractivity contribution in [3.63, 3.8) is 0 Å². The molecule has 0 heterocycles. The van der Waals surface area contributed by atoms with Crippen molar-refractivity contribution in [2.45, 2.75) is 25.3 Å². The number of carbonyl (C=O) groups excluding carboxylic acids is 1. The molecule has 0 aromatic heterocycles. The van der Waals surface area contributed by atoms with Crippen LogP contribution >= 0.6 is 0 Å². The van der Waals surface area contributed by atoms with Gasteiger partial charge in [-0.2, -0.15) is 0 Å². The molecule has 0 radical (unpaired) electrons. The van der Waals surface area contributed by atoms with Crippen molar-refractivity contribution in [2.75, 3.05) is 7.11 Å². The Morgan fingerprint density at radius 1 is 1.41 bits per heavy atom. The van der Waals surface area contributed by atoms with Crippen LogP contribution < -0.4 is 10.1 Å². The Labute approximate surface area is 126 Å². The number of hydrogen-bond donors (Lipinski definition) is 2. The van der Waals surface area contributed by atoms with Gasteiger partial charge in [0.15, 0.2) is 5.75 Å². The lowest BCUT2D eigenvalue weighted by molar-refractivity contribution is -0.385. The van der Waals surface area contributed by atoms with E-state index in [2.05, 4.69) is 5.32 Å². The minimum absolute atomic E-state index is 0.0772. The summed E-state index contributed by atoms with van der Waals surface area (Å²) in [7, 11) is 1.31. The van der Waals surface area contributed by atoms with E-state index in [0.717, 1.165) is 6.07 Å². The molecule has 0 unspecified atom stereocenters. The highest BCUT2D eigenvalue weighted by Crippen LogP contribution is 2.29. The molecule has 0 saturated heterocycles. The molecule has 1 aromatic carbocycles. The summed E-state index contributed by atoms with van der Waals surface area (Å²) >= 11 is 0. The highest BCUT2D eigenvalue weighted by Gasteiger charge is 2.31. The lowest BCUT2D eigenvalue weighted by Crippen LogP contribution is -2.33. The fourth-order valence-electron chi connectivity index (χ4n) is 2.58. The Morgan fingerprint density at radius 2 is 2.14 bits per heavy atom. The first-order valence-corrected chi connectivity index (χ1v) is 6.78. The van der Waals surface area contributed by atoms with Gasteiger partial charge in [0.2, 0.25) is 0 Å². The van der Waals surface area contributed by atoms with Gasteiger partial charge >= 0.3 is 11.7 Å². The molecule has 8 nitrogen and oxygen atoms in total. The first-order valence-electron chi connectivity index (χ1n) is 6.78. The van der Waals surface area contributed by atoms with Crippen LogP contribution in [0.3, 0.4) is 0 Å². The Kier molecular flexibility index (Phi) is 4.59. The monoisotopic (exact) mass is 308 g/mol. The quantitative estimate of drug-likeness (QED) is 0.629. The van der Waals surface area contributed by atoms with Gasteiger partial charge in [-0.1, -0.05) is 0 Å². The molecule has 22 heavy (non-hydrogen) atoms. The van der Waals surface area contributed by atoms with Crippen molar-refractivity contribution >= 4 is 17.6 Å². The normalized spacial score (nSPS) is 20.4. The smallest absolute Gasteiger partial charge is 0.311 e. The van der Waals surface area contributed by atoms with Crippen molar-refractivity contribution in [1.29, 1.82) is 0 Å². The summed E-state index contributed by atoms with van der Waals surface area (Å²) in [4.78, 5) is 33.3. The number of rotatable bonds is 5. The van der Waals surface area contributed by atoms with E-state index < -0.39 is 22.7 Å². The lowest BCUT2D eigenvalue weighted by atomic mass is 10.1. The van der Waals surface area contributed by atoms with E-state index in [1.807, 2.05) is 0 Å². The number of nitrogens with one attached hydrogen (secondary N) is 1. The summed E-state index contributed by atoms with van der Waals surface area (Å²) in [5.41, 5.74) is -0.142. The maximum absolute atomic E-state index is 12.1. The number of benzene rings is 1. The van der Waals surface area contributed by atoms with Gasteiger partial charge in [0, 0.05) is 17.7 Å². The molecule has 1 saturated carbocycles. The lowest BCUT2D eigenvalue weighted by Gasteiger charge is -2.12. The summed E-state index contributed by atoms with van der Waals surface area (Å²) in [6, 6.07) is 3.72. The molecule has 2 N–H and O–H groups in total. The topological polar surface area (TPSA) is 119 Å². The van der Waals surface area contributed by atoms with E-state index in [9.17, 15) is 19.7 Å². The fraction of sp³-hybridized carbons (Fsp3) is 0.429. The van der Waals surface area contributed by atoms with E-state index in [1.165, 1.54) is 19.2 Å². The van der Waals surface area contributed by atoms with Crippen LogP contribution in [0, 0.1) is 16.0 Å². The predicted octanol–water partition coefficient (Wildman–Crippen LogP) is 1.59. The Morgan fingerprint density at radius 3 is 2.68 bits per heavy atom. The molecule has 1 fully saturated rings. The zero-order valence-corrected chi connectivity index (χ0v) is 11.9. The Hall–Kier alpha value is -2.64. The van der Waals surface area contributed by atoms with Crippen LogP contribution in [0.1, 0.15) is 29.6 Å². The molecule has 2 atom stereocenters. The molecule has 0 spiro atoms. The van der Waals surface area contributed by atoms with Crippen LogP contribution in [0.4, 0.5) is 5.69 Å². The Balaban J connectivity index is 2.09. The van der Waals surface area contributed by atoms with E-state index in [-0.39, 0.29) is 23.0 Å². The number of aliphatic carboxylic acids is 1. The second-order valence-electron chi connectivity index (χ2n) is 5.16. The largest absolute Gasteiger partial charge is 0.490 e. The molecule has 118 valence electrons. The number of methoxy groups -OCH3 is 1. The molecule has 1 aliphatic rings. The molecule has 1 amide bonds. The van der Waals surface area contributed by atoms with Crippen molar-refractivity contribution < 1.29 is 24.4 Å². The summed E-state index contributed by atoms with van der Waals surface area (Å²) in [6.45, 7) is 0. The Bertz CT molecular complexity index is 615. The maximum Gasteiger partial charge on any atom is 0.311 e. The molecule has 0 aliphatic heterocycles. The zero-order chi connectivity index (χ0) is 16.3. The van der Waals surface area contributed by atoms with Crippen LogP contribution in [-0.4, -0.2) is 35.1 Å². The summed E-state index contributed by atoms with van der Waals surface area (Å²) < 4.78 is 4.88. The third-order valence-corrected chi connectivity index (χ3v) is 3.75. The van der Waals surface area contributed by atoms with E-state index in [1.54, 1.807) is 0 Å². The average molecular weight is 308 g/mol. The molecule has 0 bridgehead atoms. The van der Waals surface area contributed by atoms with Gasteiger partial charge < -0.3 is 15.2 Å².